The molecule has 3 N–H and O–H groups in total. The van der Waals surface area contributed by atoms with Crippen LogP contribution in [0.4, 0.5) is 5.69 Å². The van der Waals surface area contributed by atoms with E-state index in [0.717, 1.165) is 18.8 Å². The molecule has 0 aliphatic heterocycles. The molecule has 0 heterocycles. The number of benzene rings is 2. The minimum atomic E-state index is -0.805. The lowest BCUT2D eigenvalue weighted by molar-refractivity contribution is -0.147. The molecule has 32 heavy (non-hydrogen) atoms. The highest BCUT2D eigenvalue weighted by atomic mass is 35.5. The molecule has 0 unspecified atom stereocenters. The van der Waals surface area contributed by atoms with Gasteiger partial charge in [0.1, 0.15) is 6.54 Å². The first-order valence-corrected chi connectivity index (χ1v) is 10.3. The molecule has 0 aromatic heterocycles. The lowest BCUT2D eigenvalue weighted by Crippen LogP contribution is -2.44. The predicted molar refractivity (Wildman–Crippen MR) is 120 cm³/mol. The van der Waals surface area contributed by atoms with Crippen LogP contribution in [-0.4, -0.2) is 49.9 Å². The first-order chi connectivity index (χ1) is 15.3. The van der Waals surface area contributed by atoms with E-state index in [1.54, 1.807) is 24.3 Å². The monoisotopic (exact) mass is 460 g/mol. The van der Waals surface area contributed by atoms with Crippen LogP contribution in [-0.2, 0) is 14.3 Å². The minimum Gasteiger partial charge on any atom is -0.454 e. The SMILES string of the molecule is CCN(CC)c1ccc(C(=O)NNC(=O)COC(=O)CNC(=O)c2ccc(Cl)cc2)cc1. The number of amides is 3. The number of halogens is 1. The molecule has 170 valence electrons. The summed E-state index contributed by atoms with van der Waals surface area (Å²) in [6.45, 7) is 4.75. The van der Waals surface area contributed by atoms with Gasteiger partial charge in [-0.2, -0.15) is 0 Å². The second kappa shape index (κ2) is 12.3. The molecule has 10 heteroatoms. The molecule has 0 bridgehead atoms. The molecular formula is C22H25ClN4O5. The second-order valence-corrected chi connectivity index (χ2v) is 7.01. The highest BCUT2D eigenvalue weighted by molar-refractivity contribution is 6.30. The normalized spacial score (nSPS) is 10.1. The summed E-state index contributed by atoms with van der Waals surface area (Å²) >= 11 is 5.75. The van der Waals surface area contributed by atoms with Crippen molar-refractivity contribution >= 4 is 41.0 Å². The Morgan fingerprint density at radius 3 is 2.00 bits per heavy atom. The predicted octanol–water partition coefficient (Wildman–Crippen LogP) is 1.92. The van der Waals surface area contributed by atoms with Crippen LogP contribution in [0.3, 0.4) is 0 Å². The van der Waals surface area contributed by atoms with Crippen molar-refractivity contribution in [2.45, 2.75) is 13.8 Å². The van der Waals surface area contributed by atoms with Crippen LogP contribution in [0.1, 0.15) is 34.6 Å². The first kappa shape index (κ1) is 24.7. The third-order valence-electron chi connectivity index (χ3n) is 4.44. The van der Waals surface area contributed by atoms with Crippen LogP contribution in [0.25, 0.3) is 0 Å². The molecule has 3 amide bonds. The molecule has 0 spiro atoms. The number of rotatable bonds is 9. The van der Waals surface area contributed by atoms with Crippen molar-refractivity contribution in [2.75, 3.05) is 31.1 Å². The van der Waals surface area contributed by atoms with Gasteiger partial charge in [-0.25, -0.2) is 0 Å². The minimum absolute atomic E-state index is 0.327. The zero-order valence-electron chi connectivity index (χ0n) is 17.8. The van der Waals surface area contributed by atoms with Crippen molar-refractivity contribution in [1.82, 2.24) is 16.2 Å². The van der Waals surface area contributed by atoms with Crippen molar-refractivity contribution in [3.05, 3.63) is 64.7 Å². The Morgan fingerprint density at radius 2 is 1.41 bits per heavy atom. The third kappa shape index (κ3) is 7.59. The van der Waals surface area contributed by atoms with E-state index < -0.39 is 36.8 Å². The molecule has 0 saturated carbocycles. The smallest absolute Gasteiger partial charge is 0.325 e. The topological polar surface area (TPSA) is 117 Å². The molecule has 0 aliphatic rings. The van der Waals surface area contributed by atoms with E-state index in [1.165, 1.54) is 12.1 Å². The maximum Gasteiger partial charge on any atom is 0.325 e. The van der Waals surface area contributed by atoms with Crippen LogP contribution in [0.5, 0.6) is 0 Å². The molecular weight excluding hydrogens is 436 g/mol. The van der Waals surface area contributed by atoms with Crippen LogP contribution >= 0.6 is 11.6 Å². The van der Waals surface area contributed by atoms with E-state index in [4.69, 9.17) is 16.3 Å². The summed E-state index contributed by atoms with van der Waals surface area (Å²) in [5, 5.41) is 2.86. The first-order valence-electron chi connectivity index (χ1n) is 9.97. The summed E-state index contributed by atoms with van der Waals surface area (Å²) in [5.74, 6) is -2.52. The fourth-order valence-electron chi connectivity index (χ4n) is 2.70. The molecule has 2 rings (SSSR count). The van der Waals surface area contributed by atoms with E-state index >= 15 is 0 Å². The Hall–Kier alpha value is -3.59. The lowest BCUT2D eigenvalue weighted by Gasteiger charge is -2.21. The van der Waals surface area contributed by atoms with Gasteiger partial charge in [0.15, 0.2) is 6.61 Å². The van der Waals surface area contributed by atoms with Gasteiger partial charge in [0, 0.05) is 34.9 Å². The van der Waals surface area contributed by atoms with Crippen molar-refractivity contribution in [3.8, 4) is 0 Å². The number of esters is 1. The molecule has 2 aromatic carbocycles. The standard InChI is InChI=1S/C22H25ClN4O5/c1-3-27(4-2)18-11-7-16(8-12-18)22(31)26-25-19(28)14-32-20(29)13-24-21(30)15-5-9-17(23)10-6-15/h5-12H,3-4,13-14H2,1-2H3,(H,24,30)(H,25,28)(H,26,31). The number of anilines is 1. The number of hydrazine groups is 1. The third-order valence-corrected chi connectivity index (χ3v) is 4.69. The maximum atomic E-state index is 12.1. The summed E-state index contributed by atoms with van der Waals surface area (Å²) in [4.78, 5) is 49.7. The number of carbonyl (C=O) groups excluding carboxylic acids is 4. The Bertz CT molecular complexity index is 944. The van der Waals surface area contributed by atoms with E-state index in [9.17, 15) is 19.2 Å². The van der Waals surface area contributed by atoms with E-state index in [2.05, 4.69) is 21.1 Å². The van der Waals surface area contributed by atoms with Gasteiger partial charge in [-0.3, -0.25) is 30.0 Å². The fourth-order valence-corrected chi connectivity index (χ4v) is 2.83. The Morgan fingerprint density at radius 1 is 0.844 bits per heavy atom. The van der Waals surface area contributed by atoms with Crippen LogP contribution in [0.2, 0.25) is 5.02 Å². The van der Waals surface area contributed by atoms with Crippen LogP contribution in [0, 0.1) is 0 Å². The van der Waals surface area contributed by atoms with Gasteiger partial charge in [-0.15, -0.1) is 0 Å². The van der Waals surface area contributed by atoms with Gasteiger partial charge < -0.3 is 15.0 Å². The molecule has 0 fully saturated rings. The van der Waals surface area contributed by atoms with Gasteiger partial charge in [-0.05, 0) is 62.4 Å². The fraction of sp³-hybridized carbons (Fsp3) is 0.273. The van der Waals surface area contributed by atoms with E-state index in [1.807, 2.05) is 26.0 Å². The number of carbonyl (C=O) groups is 4. The van der Waals surface area contributed by atoms with Gasteiger partial charge in [-0.1, -0.05) is 11.6 Å². The second-order valence-electron chi connectivity index (χ2n) is 6.57. The van der Waals surface area contributed by atoms with Gasteiger partial charge in [0.05, 0.1) is 0 Å². The average molecular weight is 461 g/mol. The Balaban J connectivity index is 1.70. The number of nitrogens with zero attached hydrogens (tertiary/aromatic N) is 1. The van der Waals surface area contributed by atoms with Gasteiger partial charge in [0.25, 0.3) is 17.7 Å². The number of hydrogen-bond acceptors (Lipinski definition) is 6. The van der Waals surface area contributed by atoms with Crippen LogP contribution < -0.4 is 21.1 Å². The molecule has 0 atom stereocenters. The molecule has 0 aliphatic carbocycles. The van der Waals surface area contributed by atoms with E-state index in [0.29, 0.717) is 16.1 Å². The van der Waals surface area contributed by atoms with Crippen LogP contribution in [0.15, 0.2) is 48.5 Å². The number of nitrogens with one attached hydrogen (secondary N) is 3. The zero-order chi connectivity index (χ0) is 23.5. The lowest BCUT2D eigenvalue weighted by atomic mass is 10.2. The highest BCUT2D eigenvalue weighted by Crippen LogP contribution is 2.14. The summed E-state index contributed by atoms with van der Waals surface area (Å²) in [5.41, 5.74) is 6.10. The number of hydrogen-bond donors (Lipinski definition) is 3. The average Bonchev–Trinajstić information content (AvgIpc) is 2.81. The zero-order valence-corrected chi connectivity index (χ0v) is 18.6. The quantitative estimate of drug-likeness (QED) is 0.389. The summed E-state index contributed by atoms with van der Waals surface area (Å²) < 4.78 is 4.77. The maximum absolute atomic E-state index is 12.1. The molecule has 0 radical (unpaired) electrons. The van der Waals surface area contributed by atoms with Crippen molar-refractivity contribution in [2.24, 2.45) is 0 Å². The van der Waals surface area contributed by atoms with Crippen molar-refractivity contribution in [3.63, 3.8) is 0 Å². The summed E-state index contributed by atoms with van der Waals surface area (Å²) in [7, 11) is 0. The largest absolute Gasteiger partial charge is 0.454 e. The summed E-state index contributed by atoms with van der Waals surface area (Å²) in [6, 6.07) is 13.1. The van der Waals surface area contributed by atoms with Crippen molar-refractivity contribution in [1.29, 1.82) is 0 Å². The van der Waals surface area contributed by atoms with Crippen molar-refractivity contribution < 1.29 is 23.9 Å². The Kier molecular flexibility index (Phi) is 9.49. The summed E-state index contributed by atoms with van der Waals surface area (Å²) in [6.07, 6.45) is 0. The molecule has 0 saturated heterocycles. The van der Waals surface area contributed by atoms with Gasteiger partial charge >= 0.3 is 5.97 Å². The Labute approximate surface area is 191 Å². The molecule has 2 aromatic rings. The number of ether oxygens (including phenoxy) is 1. The molecule has 9 nitrogen and oxygen atoms in total. The van der Waals surface area contributed by atoms with Gasteiger partial charge in [0.2, 0.25) is 0 Å². The highest BCUT2D eigenvalue weighted by Gasteiger charge is 2.12. The van der Waals surface area contributed by atoms with E-state index in [-0.39, 0.29) is 0 Å².